The van der Waals surface area contributed by atoms with E-state index < -0.39 is 5.63 Å². The standard InChI is InChI=1S/C19H18N2O4S/c22-17-5-4-13-16(25-17)12-15-14(6-11-23-15)18(13)24-10-2-1-8-21-9-3-7-20-19(21)26/h3-7,11-12H,1-2,8-10H2,(H,20,26). The van der Waals surface area contributed by atoms with E-state index in [0.29, 0.717) is 23.5 Å². The molecule has 0 fully saturated rings. The third-order valence-electron chi connectivity index (χ3n) is 4.32. The quantitative estimate of drug-likeness (QED) is 0.405. The molecule has 1 aliphatic heterocycles. The van der Waals surface area contributed by atoms with E-state index in [4.69, 9.17) is 25.8 Å². The van der Waals surface area contributed by atoms with Crippen molar-refractivity contribution in [2.75, 3.05) is 19.7 Å². The molecule has 0 unspecified atom stereocenters. The lowest BCUT2D eigenvalue weighted by molar-refractivity contribution is 0.303. The molecule has 0 bridgehead atoms. The summed E-state index contributed by atoms with van der Waals surface area (Å²) in [5, 5.41) is 5.44. The summed E-state index contributed by atoms with van der Waals surface area (Å²) < 4.78 is 16.8. The Kier molecular flexibility index (Phi) is 4.62. The van der Waals surface area contributed by atoms with E-state index in [0.717, 1.165) is 41.8 Å². The third kappa shape index (κ3) is 3.30. The van der Waals surface area contributed by atoms with Crippen LogP contribution in [0.25, 0.3) is 21.9 Å². The second kappa shape index (κ2) is 7.21. The van der Waals surface area contributed by atoms with Crippen molar-refractivity contribution >= 4 is 39.3 Å². The number of hydrogen-bond acceptors (Lipinski definition) is 5. The lowest BCUT2D eigenvalue weighted by Gasteiger charge is -2.26. The molecule has 26 heavy (non-hydrogen) atoms. The van der Waals surface area contributed by atoms with Gasteiger partial charge < -0.3 is 23.8 Å². The SMILES string of the molecule is O=c1ccc2c(OCCCCN3CC=CNC3=S)c3ccoc3cc2o1. The van der Waals surface area contributed by atoms with E-state index in [9.17, 15) is 4.79 Å². The van der Waals surface area contributed by atoms with Crippen molar-refractivity contribution in [1.82, 2.24) is 10.2 Å². The molecule has 134 valence electrons. The zero-order valence-corrected chi connectivity index (χ0v) is 14.9. The van der Waals surface area contributed by atoms with Crippen molar-refractivity contribution in [3.8, 4) is 5.75 Å². The zero-order chi connectivity index (χ0) is 17.9. The molecule has 0 amide bonds. The van der Waals surface area contributed by atoms with Crippen LogP contribution in [0.2, 0.25) is 0 Å². The number of ether oxygens (including phenoxy) is 1. The lowest BCUT2D eigenvalue weighted by atomic mass is 10.1. The summed E-state index contributed by atoms with van der Waals surface area (Å²) >= 11 is 5.27. The van der Waals surface area contributed by atoms with Crippen LogP contribution in [0, 0.1) is 0 Å². The van der Waals surface area contributed by atoms with Gasteiger partial charge in [-0.3, -0.25) is 0 Å². The first kappa shape index (κ1) is 16.7. The van der Waals surface area contributed by atoms with Crippen molar-refractivity contribution in [3.05, 3.63) is 53.2 Å². The van der Waals surface area contributed by atoms with Crippen LogP contribution in [0.1, 0.15) is 12.8 Å². The summed E-state index contributed by atoms with van der Waals surface area (Å²) in [4.78, 5) is 13.6. The molecule has 1 aromatic carbocycles. The first-order valence-electron chi connectivity index (χ1n) is 8.50. The fourth-order valence-electron chi connectivity index (χ4n) is 3.02. The minimum absolute atomic E-state index is 0.394. The molecule has 0 saturated heterocycles. The summed E-state index contributed by atoms with van der Waals surface area (Å²) in [6, 6.07) is 6.71. The van der Waals surface area contributed by atoms with Crippen LogP contribution in [-0.4, -0.2) is 29.7 Å². The number of hydrogen-bond donors (Lipinski definition) is 1. The van der Waals surface area contributed by atoms with Crippen LogP contribution in [-0.2, 0) is 0 Å². The smallest absolute Gasteiger partial charge is 0.336 e. The number of rotatable bonds is 6. The van der Waals surface area contributed by atoms with E-state index in [-0.39, 0.29) is 0 Å². The van der Waals surface area contributed by atoms with Gasteiger partial charge in [0.25, 0.3) is 0 Å². The summed E-state index contributed by atoms with van der Waals surface area (Å²) in [6.07, 6.45) is 7.37. The molecule has 1 N–H and O–H groups in total. The highest BCUT2D eigenvalue weighted by Crippen LogP contribution is 2.35. The molecular formula is C19H18N2O4S. The Hall–Kier alpha value is -2.80. The molecule has 0 atom stereocenters. The van der Waals surface area contributed by atoms with Crippen molar-refractivity contribution in [1.29, 1.82) is 0 Å². The number of nitrogens with zero attached hydrogens (tertiary/aromatic N) is 1. The van der Waals surface area contributed by atoms with Crippen LogP contribution in [0.4, 0.5) is 0 Å². The number of thiocarbonyl (C=S) groups is 1. The molecule has 0 saturated carbocycles. The molecule has 0 spiro atoms. The molecular weight excluding hydrogens is 352 g/mol. The Morgan fingerprint density at radius 1 is 1.19 bits per heavy atom. The van der Waals surface area contributed by atoms with Crippen molar-refractivity contribution in [2.24, 2.45) is 0 Å². The molecule has 7 heteroatoms. The summed E-state index contributed by atoms with van der Waals surface area (Å²) in [6.45, 7) is 2.28. The maximum atomic E-state index is 11.5. The van der Waals surface area contributed by atoms with Crippen LogP contribution in [0.5, 0.6) is 5.75 Å². The van der Waals surface area contributed by atoms with Gasteiger partial charge in [-0.2, -0.15) is 0 Å². The van der Waals surface area contributed by atoms with Gasteiger partial charge in [-0.25, -0.2) is 4.79 Å². The van der Waals surface area contributed by atoms with Gasteiger partial charge in [-0.15, -0.1) is 0 Å². The second-order valence-corrected chi connectivity index (χ2v) is 6.44. The van der Waals surface area contributed by atoms with E-state index >= 15 is 0 Å². The molecule has 3 aromatic rings. The van der Waals surface area contributed by atoms with E-state index in [2.05, 4.69) is 10.2 Å². The highest BCUT2D eigenvalue weighted by atomic mass is 32.1. The number of nitrogens with one attached hydrogen (secondary N) is 1. The van der Waals surface area contributed by atoms with Crippen molar-refractivity contribution < 1.29 is 13.6 Å². The zero-order valence-electron chi connectivity index (χ0n) is 14.1. The van der Waals surface area contributed by atoms with Gasteiger partial charge in [0.15, 0.2) is 5.11 Å². The third-order valence-corrected chi connectivity index (χ3v) is 4.69. The van der Waals surface area contributed by atoms with E-state index in [1.165, 1.54) is 6.07 Å². The van der Waals surface area contributed by atoms with Crippen molar-refractivity contribution in [2.45, 2.75) is 12.8 Å². The number of furan rings is 1. The van der Waals surface area contributed by atoms with Gasteiger partial charge in [0.2, 0.25) is 0 Å². The Bertz CT molecular complexity index is 1040. The second-order valence-electron chi connectivity index (χ2n) is 6.06. The first-order chi connectivity index (χ1) is 12.7. The van der Waals surface area contributed by atoms with Crippen LogP contribution in [0.15, 0.2) is 56.4 Å². The Morgan fingerprint density at radius 3 is 2.96 bits per heavy atom. The molecule has 1 aliphatic rings. The molecule has 0 radical (unpaired) electrons. The largest absolute Gasteiger partial charge is 0.492 e. The predicted molar refractivity (Wildman–Crippen MR) is 103 cm³/mol. The summed E-state index contributed by atoms with van der Waals surface area (Å²) in [7, 11) is 0. The molecule has 2 aromatic heterocycles. The predicted octanol–water partition coefficient (Wildman–Crippen LogP) is 3.40. The van der Waals surface area contributed by atoms with Gasteiger partial charge in [0.1, 0.15) is 16.9 Å². The van der Waals surface area contributed by atoms with Gasteiger partial charge in [0, 0.05) is 31.4 Å². The highest BCUT2D eigenvalue weighted by molar-refractivity contribution is 7.80. The van der Waals surface area contributed by atoms with E-state index in [1.807, 2.05) is 18.3 Å². The van der Waals surface area contributed by atoms with Gasteiger partial charge in [-0.1, -0.05) is 0 Å². The highest BCUT2D eigenvalue weighted by Gasteiger charge is 2.14. The molecule has 3 heterocycles. The first-order valence-corrected chi connectivity index (χ1v) is 8.90. The fourth-order valence-corrected chi connectivity index (χ4v) is 3.26. The van der Waals surface area contributed by atoms with Crippen LogP contribution >= 0.6 is 12.2 Å². The average Bonchev–Trinajstić information content (AvgIpc) is 3.10. The summed E-state index contributed by atoms with van der Waals surface area (Å²) in [5.74, 6) is 0.688. The lowest BCUT2D eigenvalue weighted by Crippen LogP contribution is -2.41. The molecule has 0 aliphatic carbocycles. The molecule has 4 rings (SSSR count). The maximum Gasteiger partial charge on any atom is 0.336 e. The normalized spacial score (nSPS) is 14.2. The molecule has 6 nitrogen and oxygen atoms in total. The minimum atomic E-state index is -0.394. The number of unbranched alkanes of at least 4 members (excludes halogenated alkanes) is 1. The Labute approximate surface area is 155 Å². The van der Waals surface area contributed by atoms with Crippen LogP contribution < -0.4 is 15.7 Å². The van der Waals surface area contributed by atoms with Gasteiger partial charge in [0.05, 0.1) is 23.6 Å². The Morgan fingerprint density at radius 2 is 2.08 bits per heavy atom. The van der Waals surface area contributed by atoms with E-state index in [1.54, 1.807) is 18.4 Å². The van der Waals surface area contributed by atoms with Gasteiger partial charge >= 0.3 is 5.63 Å². The average molecular weight is 370 g/mol. The fraction of sp³-hybridized carbons (Fsp3) is 0.263. The van der Waals surface area contributed by atoms with Crippen LogP contribution in [0.3, 0.4) is 0 Å². The summed E-state index contributed by atoms with van der Waals surface area (Å²) in [5.41, 5.74) is 0.708. The number of fused-ring (bicyclic) bond motifs is 2. The number of benzene rings is 1. The topological polar surface area (TPSA) is 67.8 Å². The minimum Gasteiger partial charge on any atom is -0.492 e. The Balaban J connectivity index is 1.44. The maximum absolute atomic E-state index is 11.5. The monoisotopic (exact) mass is 370 g/mol. The van der Waals surface area contributed by atoms with Crippen molar-refractivity contribution in [3.63, 3.8) is 0 Å². The van der Waals surface area contributed by atoms with Gasteiger partial charge in [-0.05, 0) is 43.3 Å².